The van der Waals surface area contributed by atoms with Crippen LogP contribution in [0.5, 0.6) is 0 Å². The molecule has 4 N–H and O–H groups in total. The largest absolute Gasteiger partial charge is 0.499 e. The summed E-state index contributed by atoms with van der Waals surface area (Å²) in [5.74, 6) is -3.13. The molecular formula is C9H12F2N3O3+. The third-order valence-electron chi connectivity index (χ3n) is 2.54. The Hall–Kier alpha value is -1.54. The zero-order valence-corrected chi connectivity index (χ0v) is 8.77. The van der Waals surface area contributed by atoms with Crippen molar-refractivity contribution >= 4 is 5.82 Å². The number of anilines is 1. The first-order chi connectivity index (χ1) is 7.94. The van der Waals surface area contributed by atoms with Gasteiger partial charge in [0, 0.05) is 12.5 Å². The molecule has 1 aromatic rings. The lowest BCUT2D eigenvalue weighted by Crippen LogP contribution is -2.58. The van der Waals surface area contributed by atoms with Crippen LogP contribution < -0.4 is 16.0 Å². The van der Waals surface area contributed by atoms with Gasteiger partial charge < -0.3 is 15.6 Å². The highest BCUT2D eigenvalue weighted by Gasteiger charge is 2.54. The van der Waals surface area contributed by atoms with Gasteiger partial charge in [0.15, 0.2) is 5.82 Å². The number of rotatable bonds is 2. The first-order valence-electron chi connectivity index (χ1n) is 4.98. The van der Waals surface area contributed by atoms with Crippen molar-refractivity contribution in [2.45, 2.75) is 24.7 Å². The standard InChI is InChI=1S/C9H11F2N3O3/c10-9(11)3-5(4-15)17-7(9)14-2-1-6(12)13-8(14)16/h1-2,5,7,15H,3-4H2,(H2,12,13,16)/p+1/t5-,7+/m0/s1. The lowest BCUT2D eigenvalue weighted by atomic mass is 10.2. The zero-order valence-electron chi connectivity index (χ0n) is 8.77. The van der Waals surface area contributed by atoms with Crippen molar-refractivity contribution in [3.63, 3.8) is 0 Å². The minimum atomic E-state index is -3.21. The Kier molecular flexibility index (Phi) is 2.84. The zero-order chi connectivity index (χ0) is 12.6. The number of aliphatic hydroxyl groups excluding tert-OH is 1. The van der Waals surface area contributed by atoms with Gasteiger partial charge in [-0.05, 0) is 0 Å². The molecule has 94 valence electrons. The molecule has 1 aliphatic rings. The summed E-state index contributed by atoms with van der Waals surface area (Å²) in [5.41, 5.74) is 4.53. The van der Waals surface area contributed by atoms with Gasteiger partial charge in [-0.3, -0.25) is 0 Å². The number of aliphatic hydroxyl groups is 1. The lowest BCUT2D eigenvalue weighted by Gasteiger charge is -2.14. The maximum absolute atomic E-state index is 13.6. The van der Waals surface area contributed by atoms with Gasteiger partial charge in [0.1, 0.15) is 6.20 Å². The van der Waals surface area contributed by atoms with Crippen LogP contribution in [-0.2, 0) is 4.74 Å². The van der Waals surface area contributed by atoms with Crippen molar-refractivity contribution in [2.24, 2.45) is 0 Å². The second-order valence-electron chi connectivity index (χ2n) is 3.87. The average Bonchev–Trinajstić information content (AvgIpc) is 2.54. The highest BCUT2D eigenvalue weighted by Crippen LogP contribution is 2.38. The summed E-state index contributed by atoms with van der Waals surface area (Å²) >= 11 is 0. The van der Waals surface area contributed by atoms with Gasteiger partial charge in [-0.25, -0.2) is 0 Å². The maximum atomic E-state index is 13.6. The number of halogens is 2. The predicted octanol–water partition coefficient (Wildman–Crippen LogP) is -0.840. The SMILES string of the molecule is Nc1cc[n+]([C@@H]2O[C@H](CO)CC2(F)F)c(=O)[nH]1. The molecule has 1 saturated heterocycles. The van der Waals surface area contributed by atoms with Gasteiger partial charge in [-0.2, -0.15) is 23.1 Å². The highest BCUT2D eigenvalue weighted by atomic mass is 19.3. The van der Waals surface area contributed by atoms with Crippen LogP contribution in [0, 0.1) is 0 Å². The summed E-state index contributed by atoms with van der Waals surface area (Å²) in [4.78, 5) is 13.7. The number of nitrogens with zero attached hydrogens (tertiary/aromatic N) is 1. The molecule has 17 heavy (non-hydrogen) atoms. The molecule has 0 radical (unpaired) electrons. The number of aromatic nitrogens is 2. The molecular weight excluding hydrogens is 236 g/mol. The van der Waals surface area contributed by atoms with Gasteiger partial charge in [0.25, 0.3) is 6.23 Å². The van der Waals surface area contributed by atoms with Crippen LogP contribution in [0.2, 0.25) is 0 Å². The second kappa shape index (κ2) is 4.04. The molecule has 0 unspecified atom stereocenters. The highest BCUT2D eigenvalue weighted by molar-refractivity contribution is 5.21. The van der Waals surface area contributed by atoms with Crippen LogP contribution in [0.3, 0.4) is 0 Å². The van der Waals surface area contributed by atoms with E-state index in [4.69, 9.17) is 15.6 Å². The number of aromatic amines is 1. The molecule has 2 atom stereocenters. The van der Waals surface area contributed by atoms with Crippen LogP contribution in [-0.4, -0.2) is 28.7 Å². The fourth-order valence-electron chi connectivity index (χ4n) is 1.75. The van der Waals surface area contributed by atoms with E-state index in [9.17, 15) is 13.6 Å². The van der Waals surface area contributed by atoms with Crippen molar-refractivity contribution in [1.82, 2.24) is 4.98 Å². The Labute approximate surface area is 94.6 Å². The molecule has 0 spiro atoms. The van der Waals surface area contributed by atoms with E-state index >= 15 is 0 Å². The normalized spacial score (nSPS) is 27.2. The maximum Gasteiger partial charge on any atom is 0.499 e. The predicted molar refractivity (Wildman–Crippen MR) is 52.2 cm³/mol. The van der Waals surface area contributed by atoms with Crippen molar-refractivity contribution in [1.29, 1.82) is 0 Å². The van der Waals surface area contributed by atoms with Crippen molar-refractivity contribution < 1.29 is 23.2 Å². The number of ether oxygens (including phenoxy) is 1. The molecule has 1 aliphatic heterocycles. The summed E-state index contributed by atoms with van der Waals surface area (Å²) < 4.78 is 32.8. The number of hydrogen-bond donors (Lipinski definition) is 3. The summed E-state index contributed by atoms with van der Waals surface area (Å²) in [5, 5.41) is 8.80. The van der Waals surface area contributed by atoms with Crippen LogP contribution in [0.25, 0.3) is 0 Å². The van der Waals surface area contributed by atoms with Crippen molar-refractivity contribution in [3.05, 3.63) is 22.7 Å². The Balaban J connectivity index is 2.37. The summed E-state index contributed by atoms with van der Waals surface area (Å²) in [7, 11) is 0. The van der Waals surface area contributed by atoms with E-state index in [2.05, 4.69) is 4.98 Å². The lowest BCUT2D eigenvalue weighted by molar-refractivity contribution is -0.788. The van der Waals surface area contributed by atoms with Crippen molar-refractivity contribution in [2.75, 3.05) is 12.3 Å². The van der Waals surface area contributed by atoms with Crippen LogP contribution in [0.15, 0.2) is 17.1 Å². The number of H-pyrrole nitrogens is 1. The summed E-state index contributed by atoms with van der Waals surface area (Å²) in [6.45, 7) is -0.514. The second-order valence-corrected chi connectivity index (χ2v) is 3.87. The third kappa shape index (κ3) is 2.13. The fourth-order valence-corrected chi connectivity index (χ4v) is 1.75. The monoisotopic (exact) mass is 248 g/mol. The minimum absolute atomic E-state index is 0.0753. The van der Waals surface area contributed by atoms with Gasteiger partial charge in [-0.1, -0.05) is 0 Å². The van der Waals surface area contributed by atoms with Crippen LogP contribution in [0.1, 0.15) is 12.6 Å². The Morgan fingerprint density at radius 1 is 1.71 bits per heavy atom. The van der Waals surface area contributed by atoms with Crippen LogP contribution >= 0.6 is 0 Å². The van der Waals surface area contributed by atoms with Gasteiger partial charge in [-0.15, -0.1) is 0 Å². The topological polar surface area (TPSA) is 92.2 Å². The minimum Gasteiger partial charge on any atom is -0.394 e. The Morgan fingerprint density at radius 3 is 2.94 bits per heavy atom. The Bertz CT molecular complexity index is 477. The molecule has 0 aromatic carbocycles. The first-order valence-corrected chi connectivity index (χ1v) is 4.98. The molecule has 1 fully saturated rings. The number of alkyl halides is 2. The fraction of sp³-hybridized carbons (Fsp3) is 0.556. The number of hydrogen-bond acceptors (Lipinski definition) is 4. The average molecular weight is 248 g/mol. The molecule has 6 nitrogen and oxygen atoms in total. The van der Waals surface area contributed by atoms with E-state index in [1.165, 1.54) is 6.07 Å². The summed E-state index contributed by atoms with van der Waals surface area (Å²) in [6.07, 6.45) is -2.18. The van der Waals surface area contributed by atoms with E-state index in [1.54, 1.807) is 0 Å². The molecule has 2 heterocycles. The van der Waals surface area contributed by atoms with Gasteiger partial charge in [0.05, 0.1) is 12.7 Å². The molecule has 0 saturated carbocycles. The first kappa shape index (κ1) is 11.9. The van der Waals surface area contributed by atoms with Crippen molar-refractivity contribution in [3.8, 4) is 0 Å². The molecule has 0 bridgehead atoms. The van der Waals surface area contributed by atoms with E-state index in [0.29, 0.717) is 0 Å². The molecule has 8 heteroatoms. The Morgan fingerprint density at radius 2 is 2.41 bits per heavy atom. The van der Waals surface area contributed by atoms with Gasteiger partial charge >= 0.3 is 11.6 Å². The number of nitrogens with two attached hydrogens (primary N) is 1. The molecule has 0 aliphatic carbocycles. The molecule has 1 aromatic heterocycles. The smallest absolute Gasteiger partial charge is 0.394 e. The van der Waals surface area contributed by atoms with E-state index in [1.807, 2.05) is 0 Å². The quantitative estimate of drug-likeness (QED) is 0.595. The number of nitrogens with one attached hydrogen (secondary N) is 1. The van der Waals surface area contributed by atoms with E-state index < -0.39 is 37.0 Å². The summed E-state index contributed by atoms with van der Waals surface area (Å²) in [6, 6.07) is 1.28. The third-order valence-corrected chi connectivity index (χ3v) is 2.54. The van der Waals surface area contributed by atoms with E-state index in [-0.39, 0.29) is 5.82 Å². The number of nitrogen functional groups attached to an aromatic ring is 1. The molecule has 2 rings (SSSR count). The van der Waals surface area contributed by atoms with Gasteiger partial charge in [0.2, 0.25) is 0 Å². The van der Waals surface area contributed by atoms with E-state index in [0.717, 1.165) is 10.8 Å². The molecule has 0 amide bonds. The van der Waals surface area contributed by atoms with Crippen LogP contribution in [0.4, 0.5) is 14.6 Å².